The van der Waals surface area contributed by atoms with Crippen molar-refractivity contribution in [1.82, 2.24) is 10.6 Å². The molecule has 0 aliphatic carbocycles. The lowest BCUT2D eigenvalue weighted by Crippen LogP contribution is -2.56. The maximum absolute atomic E-state index is 13.3. The molecule has 8 heteroatoms. The van der Waals surface area contributed by atoms with Crippen LogP contribution in [0.3, 0.4) is 0 Å². The topological polar surface area (TPSA) is 103 Å². The van der Waals surface area contributed by atoms with Gasteiger partial charge in [0, 0.05) is 5.39 Å². The van der Waals surface area contributed by atoms with Gasteiger partial charge in [0.1, 0.15) is 23.5 Å². The Morgan fingerprint density at radius 2 is 1.41 bits per heavy atom. The minimum Gasteiger partial charge on any atom is -0.488 e. The molecule has 0 spiro atoms. The fourth-order valence-electron chi connectivity index (χ4n) is 4.74. The molecule has 4 rings (SSSR count). The first-order valence-corrected chi connectivity index (χ1v) is 14.5. The van der Waals surface area contributed by atoms with E-state index in [0.29, 0.717) is 12.2 Å². The highest BCUT2D eigenvalue weighted by Gasteiger charge is 2.33. The van der Waals surface area contributed by atoms with E-state index in [1.54, 1.807) is 34.6 Å². The van der Waals surface area contributed by atoms with Crippen molar-refractivity contribution in [2.45, 2.75) is 64.8 Å². The highest BCUT2D eigenvalue weighted by Crippen LogP contribution is 2.35. The molecule has 0 radical (unpaired) electrons. The van der Waals surface area contributed by atoms with E-state index < -0.39 is 35.2 Å². The number of ether oxygens (including phenoxy) is 3. The van der Waals surface area contributed by atoms with Gasteiger partial charge in [0.05, 0.1) is 19.6 Å². The number of nitrogens with one attached hydrogen (secondary N) is 2. The predicted molar refractivity (Wildman–Crippen MR) is 171 cm³/mol. The smallest absolute Gasteiger partial charge is 0.408 e. The van der Waals surface area contributed by atoms with E-state index in [9.17, 15) is 14.4 Å². The molecule has 0 aromatic heterocycles. The normalized spacial score (nSPS) is 12.2. The molecule has 0 bridgehead atoms. The fourth-order valence-corrected chi connectivity index (χ4v) is 4.74. The van der Waals surface area contributed by atoms with Gasteiger partial charge in [0.25, 0.3) is 0 Å². The van der Waals surface area contributed by atoms with Gasteiger partial charge in [-0.3, -0.25) is 9.59 Å². The Balaban J connectivity index is 1.56. The van der Waals surface area contributed by atoms with Gasteiger partial charge in [-0.05, 0) is 68.3 Å². The molecule has 230 valence electrons. The third-order valence-corrected chi connectivity index (χ3v) is 7.03. The van der Waals surface area contributed by atoms with E-state index in [-0.39, 0.29) is 6.42 Å². The van der Waals surface area contributed by atoms with Crippen LogP contribution in [0.2, 0.25) is 0 Å². The van der Waals surface area contributed by atoms with Crippen molar-refractivity contribution in [1.29, 1.82) is 0 Å². The monoisotopic (exact) mass is 596 g/mol. The van der Waals surface area contributed by atoms with E-state index in [1.807, 2.05) is 84.9 Å². The van der Waals surface area contributed by atoms with Gasteiger partial charge in [0.2, 0.25) is 5.91 Å². The molecular weight excluding hydrogens is 556 g/mol. The number of alkyl carbamates (subject to hydrolysis) is 1. The van der Waals surface area contributed by atoms with Crippen LogP contribution in [0.25, 0.3) is 21.9 Å². The lowest BCUT2D eigenvalue weighted by molar-refractivity contribution is -0.141. The van der Waals surface area contributed by atoms with Crippen molar-refractivity contribution < 1.29 is 28.6 Å². The molecule has 0 aliphatic heterocycles. The third kappa shape index (κ3) is 8.37. The third-order valence-electron chi connectivity index (χ3n) is 7.03. The van der Waals surface area contributed by atoms with Crippen molar-refractivity contribution in [2.75, 3.05) is 7.11 Å². The van der Waals surface area contributed by atoms with Crippen LogP contribution < -0.4 is 15.4 Å². The number of carbonyl (C=O) groups excluding carboxylic acids is 3. The van der Waals surface area contributed by atoms with E-state index in [2.05, 4.69) is 16.7 Å². The van der Waals surface area contributed by atoms with Crippen LogP contribution >= 0.6 is 0 Å². The summed E-state index contributed by atoms with van der Waals surface area (Å²) in [6, 6.07) is 29.1. The van der Waals surface area contributed by atoms with Crippen LogP contribution in [0.5, 0.6) is 5.75 Å². The van der Waals surface area contributed by atoms with Crippen molar-refractivity contribution in [3.05, 3.63) is 102 Å². The second-order valence-electron chi connectivity index (χ2n) is 12.1. The maximum Gasteiger partial charge on any atom is 0.408 e. The largest absolute Gasteiger partial charge is 0.488 e. The number of hydrogen-bond acceptors (Lipinski definition) is 6. The van der Waals surface area contributed by atoms with Crippen LogP contribution in [0.4, 0.5) is 4.79 Å². The van der Waals surface area contributed by atoms with E-state index in [0.717, 1.165) is 33.2 Å². The number of esters is 1. The minimum atomic E-state index is -1.31. The molecular formula is C36H40N2O6. The Hall–Kier alpha value is -4.85. The molecule has 0 unspecified atom stereocenters. The van der Waals surface area contributed by atoms with Gasteiger partial charge < -0.3 is 24.8 Å². The van der Waals surface area contributed by atoms with Gasteiger partial charge in [-0.1, -0.05) is 84.9 Å². The molecule has 2 amide bonds. The van der Waals surface area contributed by atoms with Crippen molar-refractivity contribution in [2.24, 2.45) is 0 Å². The molecule has 1 atom stereocenters. The van der Waals surface area contributed by atoms with Gasteiger partial charge in [0.15, 0.2) is 0 Å². The number of hydrogen-bond donors (Lipinski definition) is 2. The molecule has 44 heavy (non-hydrogen) atoms. The molecule has 4 aromatic carbocycles. The highest BCUT2D eigenvalue weighted by atomic mass is 16.6. The Labute approximate surface area is 258 Å². The SMILES string of the molecule is COC(=O)C[C@H](NC(=O)C(C)(C)NC(=O)OC(C)(C)C)c1ccc(-c2ccc(OCc3ccccc3)c3ccccc23)cc1. The van der Waals surface area contributed by atoms with Crippen LogP contribution in [0.15, 0.2) is 91.0 Å². The second kappa shape index (κ2) is 13.6. The van der Waals surface area contributed by atoms with Crippen molar-refractivity contribution in [3.8, 4) is 16.9 Å². The molecule has 0 heterocycles. The minimum absolute atomic E-state index is 0.0829. The second-order valence-corrected chi connectivity index (χ2v) is 12.1. The van der Waals surface area contributed by atoms with Gasteiger partial charge in [-0.15, -0.1) is 0 Å². The lowest BCUT2D eigenvalue weighted by atomic mass is 9.94. The first-order chi connectivity index (χ1) is 20.9. The Morgan fingerprint density at radius 1 is 0.773 bits per heavy atom. The number of carbonyl (C=O) groups is 3. The molecule has 0 saturated carbocycles. The highest BCUT2D eigenvalue weighted by molar-refractivity contribution is 6.00. The number of amides is 2. The molecule has 4 aromatic rings. The van der Waals surface area contributed by atoms with Crippen molar-refractivity contribution in [3.63, 3.8) is 0 Å². The number of methoxy groups -OCH3 is 1. The molecule has 0 aliphatic rings. The summed E-state index contributed by atoms with van der Waals surface area (Å²) in [6.45, 7) is 8.84. The lowest BCUT2D eigenvalue weighted by Gasteiger charge is -2.29. The van der Waals surface area contributed by atoms with Crippen LogP contribution in [0.1, 0.15) is 58.2 Å². The summed E-state index contributed by atoms with van der Waals surface area (Å²) < 4.78 is 16.4. The molecule has 2 N–H and O–H groups in total. The van der Waals surface area contributed by atoms with Crippen molar-refractivity contribution >= 4 is 28.7 Å². The van der Waals surface area contributed by atoms with Gasteiger partial charge in [-0.25, -0.2) is 4.79 Å². The summed E-state index contributed by atoms with van der Waals surface area (Å²) in [5, 5.41) is 7.55. The quantitative estimate of drug-likeness (QED) is 0.189. The number of rotatable bonds is 10. The molecule has 0 saturated heterocycles. The van der Waals surface area contributed by atoms with Gasteiger partial charge in [-0.2, -0.15) is 0 Å². The fraction of sp³-hybridized carbons (Fsp3) is 0.306. The Morgan fingerprint density at radius 3 is 2.05 bits per heavy atom. The average molecular weight is 597 g/mol. The van der Waals surface area contributed by atoms with E-state index in [4.69, 9.17) is 14.2 Å². The van der Waals surface area contributed by atoms with E-state index in [1.165, 1.54) is 7.11 Å². The summed E-state index contributed by atoms with van der Waals surface area (Å²) in [7, 11) is 1.30. The summed E-state index contributed by atoms with van der Waals surface area (Å²) in [6.07, 6.45) is -0.796. The summed E-state index contributed by atoms with van der Waals surface area (Å²) in [5.41, 5.74) is 1.78. The summed E-state index contributed by atoms with van der Waals surface area (Å²) in [5.74, 6) is -0.152. The molecule has 0 fully saturated rings. The van der Waals surface area contributed by atoms with Crippen LogP contribution in [0, 0.1) is 0 Å². The first-order valence-electron chi connectivity index (χ1n) is 14.5. The first kappa shape index (κ1) is 32.1. The zero-order chi connectivity index (χ0) is 31.9. The summed E-state index contributed by atoms with van der Waals surface area (Å²) in [4.78, 5) is 37.9. The number of benzene rings is 4. The average Bonchev–Trinajstić information content (AvgIpc) is 2.98. The standard InChI is InChI=1S/C36H40N2O6/c1-35(2,3)44-34(41)38-36(4,5)33(40)37-30(22-32(39)42-6)26-18-16-25(17-19-26)27-20-21-31(29-15-11-10-14-28(27)29)43-23-24-12-8-7-9-13-24/h7-21,30H,22-23H2,1-6H3,(H,37,40)(H,38,41)/t30-/m0/s1. The predicted octanol–water partition coefficient (Wildman–Crippen LogP) is 7.11. The van der Waals surface area contributed by atoms with E-state index >= 15 is 0 Å². The van der Waals surface area contributed by atoms with Crippen LogP contribution in [-0.2, 0) is 25.7 Å². The zero-order valence-corrected chi connectivity index (χ0v) is 26.1. The Kier molecular flexibility index (Phi) is 9.94. The van der Waals surface area contributed by atoms with Gasteiger partial charge >= 0.3 is 12.1 Å². The number of fused-ring (bicyclic) bond motifs is 1. The Bertz CT molecular complexity index is 1610. The maximum atomic E-state index is 13.3. The van der Waals surface area contributed by atoms with Crippen LogP contribution in [-0.4, -0.2) is 36.2 Å². The molecule has 8 nitrogen and oxygen atoms in total. The zero-order valence-electron chi connectivity index (χ0n) is 26.1. The summed E-state index contributed by atoms with van der Waals surface area (Å²) >= 11 is 0.